The molecule has 1 atom stereocenters. The highest BCUT2D eigenvalue weighted by atomic mass is 32.1. The van der Waals surface area contributed by atoms with E-state index in [2.05, 4.69) is 23.2 Å². The summed E-state index contributed by atoms with van der Waals surface area (Å²) >= 11 is 1.64. The molecule has 4 heteroatoms. The monoisotopic (exact) mass is 272 g/mol. The van der Waals surface area contributed by atoms with Gasteiger partial charge in [-0.1, -0.05) is 31.2 Å². The van der Waals surface area contributed by atoms with Gasteiger partial charge in [0, 0.05) is 17.1 Å². The van der Waals surface area contributed by atoms with Crippen LogP contribution in [0.1, 0.15) is 23.4 Å². The molecule has 1 aliphatic rings. The number of nitrogens with one attached hydrogen (secondary N) is 1. The molecular formula is C15H16N2OS. The molecule has 1 unspecified atom stereocenters. The van der Waals surface area contributed by atoms with Crippen LogP contribution in [-0.4, -0.2) is 17.4 Å². The third-order valence-corrected chi connectivity index (χ3v) is 4.41. The molecule has 0 saturated carbocycles. The van der Waals surface area contributed by atoms with E-state index in [9.17, 15) is 4.79 Å². The molecular weight excluding hydrogens is 256 g/mol. The Bertz CT molecular complexity index is 580. The van der Waals surface area contributed by atoms with E-state index in [0.29, 0.717) is 0 Å². The first-order valence-corrected chi connectivity index (χ1v) is 7.33. The van der Waals surface area contributed by atoms with Crippen LogP contribution >= 0.6 is 11.3 Å². The number of benzene rings is 1. The van der Waals surface area contributed by atoms with Crippen molar-refractivity contribution in [3.05, 3.63) is 52.2 Å². The number of hydrogen-bond acceptors (Lipinski definition) is 3. The molecule has 0 aliphatic carbocycles. The fourth-order valence-electron chi connectivity index (χ4n) is 2.51. The second kappa shape index (κ2) is 5.15. The van der Waals surface area contributed by atoms with Crippen molar-refractivity contribution in [1.29, 1.82) is 0 Å². The van der Waals surface area contributed by atoms with Crippen molar-refractivity contribution < 1.29 is 4.79 Å². The third-order valence-electron chi connectivity index (χ3n) is 3.48. The van der Waals surface area contributed by atoms with Crippen molar-refractivity contribution in [1.82, 2.24) is 4.90 Å². The number of thiophene rings is 1. The van der Waals surface area contributed by atoms with E-state index in [4.69, 9.17) is 0 Å². The Hall–Kier alpha value is -1.65. The van der Waals surface area contributed by atoms with E-state index in [1.54, 1.807) is 11.3 Å². The molecule has 0 bridgehead atoms. The predicted molar refractivity (Wildman–Crippen MR) is 78.2 cm³/mol. The van der Waals surface area contributed by atoms with E-state index >= 15 is 0 Å². The highest BCUT2D eigenvalue weighted by Crippen LogP contribution is 2.32. The molecule has 1 N–H and O–H groups in total. The van der Waals surface area contributed by atoms with Crippen LogP contribution in [0.25, 0.3) is 0 Å². The summed E-state index contributed by atoms with van der Waals surface area (Å²) in [5.74, 6) is 0.0641. The quantitative estimate of drug-likeness (QED) is 0.910. The average Bonchev–Trinajstić information content (AvgIpc) is 2.89. The van der Waals surface area contributed by atoms with Gasteiger partial charge in [0.2, 0.25) is 5.91 Å². The topological polar surface area (TPSA) is 32.3 Å². The second-order valence-electron chi connectivity index (χ2n) is 4.63. The molecule has 98 valence electrons. The number of amides is 1. The number of carbonyl (C=O) groups is 1. The Kier molecular flexibility index (Phi) is 3.36. The number of rotatable bonds is 2. The zero-order valence-electron chi connectivity index (χ0n) is 10.8. The molecule has 2 aromatic rings. The number of nitrogens with zero attached hydrogens (tertiary/aromatic N) is 1. The number of fused-ring (bicyclic) bond motifs is 1. The number of para-hydroxylation sites is 1. The van der Waals surface area contributed by atoms with Crippen molar-refractivity contribution in [3.63, 3.8) is 0 Å². The highest BCUT2D eigenvalue weighted by molar-refractivity contribution is 7.10. The van der Waals surface area contributed by atoms with Crippen molar-refractivity contribution >= 4 is 22.9 Å². The van der Waals surface area contributed by atoms with Crippen LogP contribution in [-0.2, 0) is 11.3 Å². The first-order chi connectivity index (χ1) is 9.29. The van der Waals surface area contributed by atoms with E-state index in [1.807, 2.05) is 35.7 Å². The van der Waals surface area contributed by atoms with Crippen molar-refractivity contribution in [2.24, 2.45) is 0 Å². The van der Waals surface area contributed by atoms with Gasteiger partial charge in [0.25, 0.3) is 0 Å². The molecule has 0 radical (unpaired) electrons. The van der Waals surface area contributed by atoms with Gasteiger partial charge in [0.15, 0.2) is 0 Å². The van der Waals surface area contributed by atoms with Gasteiger partial charge < -0.3 is 5.32 Å². The van der Waals surface area contributed by atoms with E-state index < -0.39 is 0 Å². The third kappa shape index (κ3) is 2.29. The minimum atomic E-state index is -0.183. The normalized spacial score (nSPS) is 19.6. The standard InChI is InChI=1S/C15H16N2OS/c1-2-17-10-11-6-3-4-7-12(11)16-15(18)14(17)13-8-5-9-19-13/h3-9,14H,2,10H2,1H3,(H,16,18). The summed E-state index contributed by atoms with van der Waals surface area (Å²) in [5, 5.41) is 5.07. The summed E-state index contributed by atoms with van der Waals surface area (Å²) in [6.07, 6.45) is 0. The van der Waals surface area contributed by atoms with Gasteiger partial charge in [-0.2, -0.15) is 0 Å². The summed E-state index contributed by atoms with van der Waals surface area (Å²) in [6.45, 7) is 3.75. The summed E-state index contributed by atoms with van der Waals surface area (Å²) in [5.41, 5.74) is 2.11. The maximum Gasteiger partial charge on any atom is 0.247 e. The fraction of sp³-hybridized carbons (Fsp3) is 0.267. The van der Waals surface area contributed by atoms with E-state index in [0.717, 1.165) is 23.7 Å². The maximum absolute atomic E-state index is 12.5. The average molecular weight is 272 g/mol. The largest absolute Gasteiger partial charge is 0.324 e. The Morgan fingerprint density at radius 1 is 1.32 bits per heavy atom. The van der Waals surface area contributed by atoms with Crippen LogP contribution in [0, 0.1) is 0 Å². The van der Waals surface area contributed by atoms with Gasteiger partial charge in [-0.05, 0) is 29.6 Å². The van der Waals surface area contributed by atoms with Crippen molar-refractivity contribution in [2.75, 3.05) is 11.9 Å². The van der Waals surface area contributed by atoms with Crippen LogP contribution in [0.3, 0.4) is 0 Å². The van der Waals surface area contributed by atoms with Gasteiger partial charge in [-0.25, -0.2) is 0 Å². The first kappa shape index (κ1) is 12.4. The molecule has 0 spiro atoms. The summed E-state index contributed by atoms with van der Waals surface area (Å²) in [6, 6.07) is 11.9. The molecule has 3 rings (SSSR count). The molecule has 1 aromatic heterocycles. The lowest BCUT2D eigenvalue weighted by Gasteiger charge is -2.26. The predicted octanol–water partition coefficient (Wildman–Crippen LogP) is 3.26. The van der Waals surface area contributed by atoms with Crippen LogP contribution in [0.2, 0.25) is 0 Å². The van der Waals surface area contributed by atoms with E-state index in [-0.39, 0.29) is 11.9 Å². The Labute approximate surface area is 116 Å². The number of likely N-dealkylation sites (N-methyl/N-ethyl adjacent to an activating group) is 1. The van der Waals surface area contributed by atoms with Crippen LogP contribution in [0.15, 0.2) is 41.8 Å². The van der Waals surface area contributed by atoms with Crippen molar-refractivity contribution in [2.45, 2.75) is 19.5 Å². The maximum atomic E-state index is 12.5. The highest BCUT2D eigenvalue weighted by Gasteiger charge is 2.31. The van der Waals surface area contributed by atoms with Crippen LogP contribution in [0.4, 0.5) is 5.69 Å². The van der Waals surface area contributed by atoms with Gasteiger partial charge >= 0.3 is 0 Å². The van der Waals surface area contributed by atoms with Crippen molar-refractivity contribution in [3.8, 4) is 0 Å². The van der Waals surface area contributed by atoms with E-state index in [1.165, 1.54) is 5.56 Å². The van der Waals surface area contributed by atoms with Gasteiger partial charge in [-0.3, -0.25) is 9.69 Å². The molecule has 19 heavy (non-hydrogen) atoms. The summed E-state index contributed by atoms with van der Waals surface area (Å²) < 4.78 is 0. The Balaban J connectivity index is 2.01. The number of hydrogen-bond donors (Lipinski definition) is 1. The molecule has 1 aromatic carbocycles. The Morgan fingerprint density at radius 2 is 2.16 bits per heavy atom. The Morgan fingerprint density at radius 3 is 2.89 bits per heavy atom. The summed E-state index contributed by atoms with van der Waals surface area (Å²) in [7, 11) is 0. The molecule has 1 aliphatic heterocycles. The first-order valence-electron chi connectivity index (χ1n) is 6.46. The minimum absolute atomic E-state index is 0.0641. The number of anilines is 1. The van der Waals surface area contributed by atoms with Gasteiger partial charge in [-0.15, -0.1) is 11.3 Å². The lowest BCUT2D eigenvalue weighted by molar-refractivity contribution is -0.121. The minimum Gasteiger partial charge on any atom is -0.324 e. The van der Waals surface area contributed by atoms with Gasteiger partial charge in [0.1, 0.15) is 6.04 Å². The molecule has 1 amide bonds. The SMILES string of the molecule is CCN1Cc2ccccc2NC(=O)C1c1cccs1. The lowest BCUT2D eigenvalue weighted by atomic mass is 10.1. The smallest absolute Gasteiger partial charge is 0.247 e. The van der Waals surface area contributed by atoms with Gasteiger partial charge in [0.05, 0.1) is 0 Å². The van der Waals surface area contributed by atoms with Crippen LogP contribution < -0.4 is 5.32 Å². The zero-order chi connectivity index (χ0) is 13.2. The summed E-state index contributed by atoms with van der Waals surface area (Å²) in [4.78, 5) is 15.8. The molecule has 2 heterocycles. The fourth-order valence-corrected chi connectivity index (χ4v) is 3.36. The molecule has 0 saturated heterocycles. The number of carbonyl (C=O) groups excluding carboxylic acids is 1. The second-order valence-corrected chi connectivity index (χ2v) is 5.61. The molecule has 3 nitrogen and oxygen atoms in total. The zero-order valence-corrected chi connectivity index (χ0v) is 11.6. The lowest BCUT2D eigenvalue weighted by Crippen LogP contribution is -2.33. The van der Waals surface area contributed by atoms with Crippen LogP contribution in [0.5, 0.6) is 0 Å². The molecule has 0 fully saturated rings.